The minimum absolute atomic E-state index is 0.0384. The third-order valence-corrected chi connectivity index (χ3v) is 3.99. The zero-order valence-electron chi connectivity index (χ0n) is 13.5. The van der Waals surface area contributed by atoms with Gasteiger partial charge in [0, 0.05) is 30.2 Å². The molecule has 3 aromatic rings. The molecule has 0 unspecified atom stereocenters. The molecular formula is C18H17N5O2. The average molecular weight is 335 g/mol. The Hall–Kier alpha value is -3.22. The highest BCUT2D eigenvalue weighted by atomic mass is 16.2. The topological polar surface area (TPSA) is 88.4 Å². The Labute approximate surface area is 144 Å². The van der Waals surface area contributed by atoms with Gasteiger partial charge in [0.2, 0.25) is 5.91 Å². The Morgan fingerprint density at radius 1 is 1.20 bits per heavy atom. The number of carbonyl (C=O) groups is 2. The molecule has 0 spiro atoms. The summed E-state index contributed by atoms with van der Waals surface area (Å²) in [5.41, 5.74) is 2.48. The lowest BCUT2D eigenvalue weighted by Crippen LogP contribution is -2.26. The number of fused-ring (bicyclic) bond motifs is 1. The highest BCUT2D eigenvalue weighted by molar-refractivity contribution is 6.03. The lowest BCUT2D eigenvalue weighted by molar-refractivity contribution is -0.120. The minimum atomic E-state index is -0.301. The predicted molar refractivity (Wildman–Crippen MR) is 92.3 cm³/mol. The number of amides is 2. The fourth-order valence-electron chi connectivity index (χ4n) is 2.53. The van der Waals surface area contributed by atoms with E-state index in [2.05, 4.69) is 20.7 Å². The normalized spacial score (nSPS) is 13.6. The Morgan fingerprint density at radius 2 is 2.00 bits per heavy atom. The van der Waals surface area contributed by atoms with Crippen LogP contribution >= 0.6 is 0 Å². The quantitative estimate of drug-likeness (QED) is 0.744. The van der Waals surface area contributed by atoms with Crippen LogP contribution in [0.1, 0.15) is 28.9 Å². The van der Waals surface area contributed by atoms with Crippen LogP contribution in [0.2, 0.25) is 0 Å². The number of rotatable bonds is 5. The van der Waals surface area contributed by atoms with Gasteiger partial charge in [-0.15, -0.1) is 0 Å². The number of nitrogens with one attached hydrogen (secondary N) is 2. The van der Waals surface area contributed by atoms with Gasteiger partial charge in [-0.2, -0.15) is 5.10 Å². The highest BCUT2D eigenvalue weighted by Crippen LogP contribution is 2.19. The van der Waals surface area contributed by atoms with Crippen molar-refractivity contribution in [3.63, 3.8) is 0 Å². The van der Waals surface area contributed by atoms with Gasteiger partial charge in [0.25, 0.3) is 5.91 Å². The van der Waals surface area contributed by atoms with Crippen molar-refractivity contribution >= 4 is 23.1 Å². The first-order valence-electron chi connectivity index (χ1n) is 8.17. The van der Waals surface area contributed by atoms with Gasteiger partial charge in [-0.3, -0.25) is 9.59 Å². The van der Waals surface area contributed by atoms with E-state index in [0.29, 0.717) is 29.5 Å². The van der Waals surface area contributed by atoms with Gasteiger partial charge in [0.1, 0.15) is 0 Å². The van der Waals surface area contributed by atoms with Crippen molar-refractivity contribution in [2.75, 3.05) is 5.32 Å². The SMILES string of the molecule is O=C(Cc1ccc(NC(=O)c2cc3ncccn3n2)cc1)NC1CC1. The zero-order valence-corrected chi connectivity index (χ0v) is 13.5. The largest absolute Gasteiger partial charge is 0.353 e. The molecule has 2 heterocycles. The Morgan fingerprint density at radius 3 is 2.72 bits per heavy atom. The molecule has 2 aromatic heterocycles. The summed E-state index contributed by atoms with van der Waals surface area (Å²) in [7, 11) is 0. The smallest absolute Gasteiger partial charge is 0.276 e. The maximum Gasteiger partial charge on any atom is 0.276 e. The van der Waals surface area contributed by atoms with Gasteiger partial charge < -0.3 is 10.6 Å². The molecule has 4 rings (SSSR count). The van der Waals surface area contributed by atoms with Crippen molar-refractivity contribution in [1.29, 1.82) is 0 Å². The van der Waals surface area contributed by atoms with Gasteiger partial charge in [-0.25, -0.2) is 9.50 Å². The van der Waals surface area contributed by atoms with Crippen LogP contribution in [0, 0.1) is 0 Å². The first kappa shape index (κ1) is 15.3. The number of anilines is 1. The van der Waals surface area contributed by atoms with Gasteiger partial charge in [0.05, 0.1) is 6.42 Å². The van der Waals surface area contributed by atoms with Crippen LogP contribution in [0.3, 0.4) is 0 Å². The molecule has 1 saturated carbocycles. The second-order valence-corrected chi connectivity index (χ2v) is 6.12. The van der Waals surface area contributed by atoms with Gasteiger partial charge in [-0.1, -0.05) is 12.1 Å². The Bertz CT molecular complexity index is 895. The molecular weight excluding hydrogens is 318 g/mol. The summed E-state index contributed by atoms with van der Waals surface area (Å²) in [5, 5.41) is 9.95. The number of nitrogens with zero attached hydrogens (tertiary/aromatic N) is 3. The standard InChI is InChI=1S/C18H17N5O2/c24-17(20-13-6-7-13)10-12-2-4-14(5-3-12)21-18(25)15-11-16-19-8-1-9-23(16)22-15/h1-5,8-9,11,13H,6-7,10H2,(H,20,24)(H,21,25). The maximum atomic E-state index is 12.3. The number of carbonyl (C=O) groups excluding carboxylic acids is 2. The van der Waals surface area contributed by atoms with Crippen molar-refractivity contribution < 1.29 is 9.59 Å². The summed E-state index contributed by atoms with van der Waals surface area (Å²) < 4.78 is 1.55. The molecule has 1 aromatic carbocycles. The van der Waals surface area contributed by atoms with E-state index in [1.807, 2.05) is 12.1 Å². The third-order valence-electron chi connectivity index (χ3n) is 3.99. The number of hydrogen-bond acceptors (Lipinski definition) is 4. The van der Waals surface area contributed by atoms with Crippen LogP contribution in [0.15, 0.2) is 48.8 Å². The second-order valence-electron chi connectivity index (χ2n) is 6.12. The molecule has 0 radical (unpaired) electrons. The third kappa shape index (κ3) is 3.65. The second kappa shape index (κ2) is 6.35. The molecule has 1 fully saturated rings. The summed E-state index contributed by atoms with van der Waals surface area (Å²) in [6.45, 7) is 0. The Balaban J connectivity index is 1.39. The minimum Gasteiger partial charge on any atom is -0.353 e. The van der Waals surface area contributed by atoms with Gasteiger partial charge >= 0.3 is 0 Å². The highest BCUT2D eigenvalue weighted by Gasteiger charge is 2.23. The lowest BCUT2D eigenvalue weighted by Gasteiger charge is -2.06. The average Bonchev–Trinajstić information content (AvgIpc) is 3.30. The monoisotopic (exact) mass is 335 g/mol. The fourth-order valence-corrected chi connectivity index (χ4v) is 2.53. The molecule has 126 valence electrons. The van der Waals surface area contributed by atoms with Crippen LogP contribution in [-0.2, 0) is 11.2 Å². The zero-order chi connectivity index (χ0) is 17.2. The van der Waals surface area contributed by atoms with E-state index >= 15 is 0 Å². The van der Waals surface area contributed by atoms with Crippen LogP contribution in [0.5, 0.6) is 0 Å². The molecule has 7 nitrogen and oxygen atoms in total. The Kier molecular flexibility index (Phi) is 3.89. The van der Waals surface area contributed by atoms with Crippen LogP contribution < -0.4 is 10.6 Å². The summed E-state index contributed by atoms with van der Waals surface area (Å²) >= 11 is 0. The van der Waals surface area contributed by atoms with E-state index in [-0.39, 0.29) is 11.8 Å². The molecule has 2 amide bonds. The van der Waals surface area contributed by atoms with Gasteiger partial charge in [-0.05, 0) is 36.6 Å². The lowest BCUT2D eigenvalue weighted by atomic mass is 10.1. The summed E-state index contributed by atoms with van der Waals surface area (Å²) in [4.78, 5) is 28.2. The van der Waals surface area contributed by atoms with E-state index in [9.17, 15) is 9.59 Å². The van der Waals surface area contributed by atoms with Crippen LogP contribution in [0.25, 0.3) is 5.65 Å². The van der Waals surface area contributed by atoms with E-state index in [1.165, 1.54) is 0 Å². The number of aromatic nitrogens is 3. The molecule has 0 atom stereocenters. The number of benzene rings is 1. The summed E-state index contributed by atoms with van der Waals surface area (Å²) in [6.07, 6.45) is 5.89. The van der Waals surface area contributed by atoms with Crippen LogP contribution in [0.4, 0.5) is 5.69 Å². The first-order valence-corrected chi connectivity index (χ1v) is 8.17. The molecule has 2 N–H and O–H groups in total. The van der Waals surface area contributed by atoms with E-state index in [0.717, 1.165) is 18.4 Å². The van der Waals surface area contributed by atoms with Gasteiger partial charge in [0.15, 0.2) is 11.3 Å². The molecule has 25 heavy (non-hydrogen) atoms. The fraction of sp³-hybridized carbons (Fsp3) is 0.222. The van der Waals surface area contributed by atoms with E-state index < -0.39 is 0 Å². The summed E-state index contributed by atoms with van der Waals surface area (Å²) in [5.74, 6) is -0.263. The molecule has 1 aliphatic carbocycles. The van der Waals surface area contributed by atoms with Crippen molar-refractivity contribution in [2.45, 2.75) is 25.3 Å². The number of hydrogen-bond donors (Lipinski definition) is 2. The molecule has 0 aliphatic heterocycles. The molecule has 7 heteroatoms. The molecule has 0 saturated heterocycles. The van der Waals surface area contributed by atoms with Crippen molar-refractivity contribution in [3.05, 3.63) is 60.0 Å². The summed E-state index contributed by atoms with van der Waals surface area (Å²) in [6, 6.07) is 11.0. The van der Waals surface area contributed by atoms with Crippen molar-refractivity contribution in [2.24, 2.45) is 0 Å². The van der Waals surface area contributed by atoms with E-state index in [4.69, 9.17) is 0 Å². The molecule has 0 bridgehead atoms. The molecule has 1 aliphatic rings. The van der Waals surface area contributed by atoms with Crippen LogP contribution in [-0.4, -0.2) is 32.5 Å². The maximum absolute atomic E-state index is 12.3. The van der Waals surface area contributed by atoms with Crippen molar-refractivity contribution in [1.82, 2.24) is 19.9 Å². The van der Waals surface area contributed by atoms with Crippen molar-refractivity contribution in [3.8, 4) is 0 Å². The first-order chi connectivity index (χ1) is 12.2. The predicted octanol–water partition coefficient (Wildman–Crippen LogP) is 1.80. The van der Waals surface area contributed by atoms with E-state index in [1.54, 1.807) is 41.2 Å².